The molecule has 0 aliphatic carbocycles. The van der Waals surface area contributed by atoms with Crippen molar-refractivity contribution >= 4 is 65.9 Å². The molecule has 9 aromatic carbocycles. The van der Waals surface area contributed by atoms with Gasteiger partial charge in [-0.05, 0) is 95.2 Å². The molecule has 0 atom stereocenters. The monoisotopic (exact) mass is 680 g/mol. The number of para-hydroxylation sites is 2. The highest BCUT2D eigenvalue weighted by molar-refractivity contribution is 7.99. The summed E-state index contributed by atoms with van der Waals surface area (Å²) in [4.78, 5) is 7.64. The van der Waals surface area contributed by atoms with Crippen LogP contribution in [0.4, 0.5) is 0 Å². The zero-order chi connectivity index (χ0) is 34.3. The van der Waals surface area contributed by atoms with E-state index in [1.165, 1.54) is 97.5 Å². The first kappa shape index (κ1) is 29.6. The first-order chi connectivity index (χ1) is 25.8. The van der Waals surface area contributed by atoms with Crippen molar-refractivity contribution in [3.05, 3.63) is 170 Å². The van der Waals surface area contributed by atoms with Crippen LogP contribution in [-0.2, 0) is 6.42 Å². The Hall–Kier alpha value is -6.16. The molecule has 11 rings (SSSR count). The van der Waals surface area contributed by atoms with E-state index in [0.29, 0.717) is 0 Å². The molecule has 3 heteroatoms. The molecule has 0 spiro atoms. The molecule has 0 bridgehead atoms. The molecule has 0 saturated carbocycles. The smallest absolute Gasteiger partial charge is 0.114 e. The summed E-state index contributed by atoms with van der Waals surface area (Å²) in [6.45, 7) is 2.21. The molecule has 1 aliphatic heterocycles. The van der Waals surface area contributed by atoms with Crippen LogP contribution in [0.3, 0.4) is 0 Å². The quantitative estimate of drug-likeness (QED) is 0.172. The lowest BCUT2D eigenvalue weighted by Gasteiger charge is -2.24. The van der Waals surface area contributed by atoms with Crippen LogP contribution in [0.25, 0.3) is 93.2 Å². The Morgan fingerprint density at radius 3 is 1.71 bits per heavy atom. The van der Waals surface area contributed by atoms with Crippen LogP contribution >= 0.6 is 11.8 Å². The van der Waals surface area contributed by atoms with Crippen molar-refractivity contribution in [2.45, 2.75) is 23.1 Å². The normalized spacial score (nSPS) is 12.3. The van der Waals surface area contributed by atoms with Crippen LogP contribution in [0.5, 0.6) is 0 Å². The van der Waals surface area contributed by atoms with Gasteiger partial charge in [0, 0.05) is 21.8 Å². The average molecular weight is 681 g/mol. The number of hydrogen-bond acceptors (Lipinski definition) is 2. The summed E-state index contributed by atoms with van der Waals surface area (Å²) in [7, 11) is 0. The first-order valence-electron chi connectivity index (χ1n) is 18.0. The van der Waals surface area contributed by atoms with E-state index in [9.17, 15) is 0 Å². The third-order valence-corrected chi connectivity index (χ3v) is 12.0. The van der Waals surface area contributed by atoms with E-state index in [-0.39, 0.29) is 0 Å². The van der Waals surface area contributed by atoms with Crippen molar-refractivity contribution in [3.63, 3.8) is 0 Å². The van der Waals surface area contributed by atoms with Gasteiger partial charge in [0.2, 0.25) is 0 Å². The van der Waals surface area contributed by atoms with E-state index < -0.39 is 0 Å². The largest absolute Gasteiger partial charge is 0.293 e. The summed E-state index contributed by atoms with van der Waals surface area (Å²) >= 11 is 1.85. The Balaban J connectivity index is 1.28. The van der Waals surface area contributed by atoms with Gasteiger partial charge < -0.3 is 0 Å². The maximum absolute atomic E-state index is 5.12. The van der Waals surface area contributed by atoms with Gasteiger partial charge in [0.1, 0.15) is 5.82 Å². The minimum absolute atomic E-state index is 0.857. The fourth-order valence-electron chi connectivity index (χ4n) is 8.70. The van der Waals surface area contributed by atoms with Crippen LogP contribution in [0.2, 0.25) is 0 Å². The van der Waals surface area contributed by atoms with E-state index in [2.05, 4.69) is 175 Å². The zero-order valence-electron chi connectivity index (χ0n) is 28.6. The number of rotatable bonds is 4. The summed E-state index contributed by atoms with van der Waals surface area (Å²) in [6.07, 6.45) is 0.857. The predicted octanol–water partition coefficient (Wildman–Crippen LogP) is 13.7. The molecule has 2 nitrogen and oxygen atoms in total. The Bertz CT molecular complexity index is 3090. The van der Waals surface area contributed by atoms with Crippen molar-refractivity contribution in [1.82, 2.24) is 9.55 Å². The molecule has 0 unspecified atom stereocenters. The van der Waals surface area contributed by atoms with E-state index in [0.717, 1.165) is 17.8 Å². The number of imidazole rings is 1. The standard InChI is InChI=1S/C49H32N2S/c1-2-45-50-42-24-12-26-44-49(42)51(45)48-35(21-11-25-43(48)52-44)32-27-28-40-41(29-32)47(37-23-10-16-31-14-4-6-18-34(31)37)39-20-8-7-19-38(39)46(40)36-22-9-15-30-13-3-5-17-33(30)36/h3-29H,2H2,1H3. The van der Waals surface area contributed by atoms with Gasteiger partial charge in [-0.2, -0.15) is 0 Å². The molecule has 0 fully saturated rings. The third-order valence-electron chi connectivity index (χ3n) is 10.9. The lowest BCUT2D eigenvalue weighted by molar-refractivity contribution is 0.889. The topological polar surface area (TPSA) is 17.8 Å². The van der Waals surface area contributed by atoms with Gasteiger partial charge in [-0.25, -0.2) is 4.98 Å². The second-order valence-corrected chi connectivity index (χ2v) is 14.8. The minimum Gasteiger partial charge on any atom is -0.293 e. The lowest BCUT2D eigenvalue weighted by atomic mass is 9.83. The van der Waals surface area contributed by atoms with Crippen molar-refractivity contribution in [1.29, 1.82) is 0 Å². The Morgan fingerprint density at radius 2 is 1.02 bits per heavy atom. The summed E-state index contributed by atoms with van der Waals surface area (Å²) in [6, 6.07) is 60.5. The third kappa shape index (κ3) is 4.23. The number of fused-ring (bicyclic) bond motifs is 6. The molecular weight excluding hydrogens is 649 g/mol. The average Bonchev–Trinajstić information content (AvgIpc) is 3.59. The molecule has 1 aromatic heterocycles. The molecule has 52 heavy (non-hydrogen) atoms. The van der Waals surface area contributed by atoms with Crippen LogP contribution in [0.1, 0.15) is 12.7 Å². The van der Waals surface area contributed by atoms with Gasteiger partial charge in [0.15, 0.2) is 0 Å². The number of aromatic nitrogens is 2. The van der Waals surface area contributed by atoms with Gasteiger partial charge in [-0.15, -0.1) is 0 Å². The Kier molecular flexibility index (Phi) is 6.50. The highest BCUT2D eigenvalue weighted by Gasteiger charge is 2.26. The van der Waals surface area contributed by atoms with Gasteiger partial charge in [0.05, 0.1) is 16.7 Å². The van der Waals surface area contributed by atoms with Crippen LogP contribution in [0, 0.1) is 0 Å². The summed E-state index contributed by atoms with van der Waals surface area (Å²) in [5.74, 6) is 1.10. The van der Waals surface area contributed by atoms with Gasteiger partial charge >= 0.3 is 0 Å². The predicted molar refractivity (Wildman–Crippen MR) is 221 cm³/mol. The molecule has 2 heterocycles. The number of aryl methyl sites for hydroxylation is 1. The fourth-order valence-corrected chi connectivity index (χ4v) is 9.82. The zero-order valence-corrected chi connectivity index (χ0v) is 29.4. The second-order valence-electron chi connectivity index (χ2n) is 13.7. The minimum atomic E-state index is 0.857. The van der Waals surface area contributed by atoms with Gasteiger partial charge in [0.25, 0.3) is 0 Å². The Labute approximate surface area is 306 Å². The highest BCUT2D eigenvalue weighted by atomic mass is 32.2. The van der Waals surface area contributed by atoms with E-state index in [1.54, 1.807) is 0 Å². The maximum atomic E-state index is 5.12. The van der Waals surface area contributed by atoms with E-state index in [1.807, 2.05) is 11.8 Å². The van der Waals surface area contributed by atoms with Crippen molar-refractivity contribution in [3.8, 4) is 39.1 Å². The van der Waals surface area contributed by atoms with E-state index in [4.69, 9.17) is 4.98 Å². The summed E-state index contributed by atoms with van der Waals surface area (Å²) in [5, 5.41) is 10.1. The lowest BCUT2D eigenvalue weighted by Crippen LogP contribution is -2.07. The van der Waals surface area contributed by atoms with Crippen LogP contribution in [-0.4, -0.2) is 9.55 Å². The molecule has 244 valence electrons. The number of hydrogen-bond donors (Lipinski definition) is 0. The number of benzene rings is 9. The molecule has 1 aliphatic rings. The molecular formula is C49H32N2S. The molecule has 0 N–H and O–H groups in total. The second kappa shape index (κ2) is 11.4. The van der Waals surface area contributed by atoms with Gasteiger partial charge in [-0.3, -0.25) is 4.57 Å². The number of nitrogens with zero attached hydrogens (tertiary/aromatic N) is 2. The summed E-state index contributed by atoms with van der Waals surface area (Å²) < 4.78 is 2.43. The van der Waals surface area contributed by atoms with Crippen LogP contribution < -0.4 is 0 Å². The summed E-state index contributed by atoms with van der Waals surface area (Å²) in [5.41, 5.74) is 11.0. The van der Waals surface area contributed by atoms with Crippen LogP contribution in [0.15, 0.2) is 174 Å². The van der Waals surface area contributed by atoms with Crippen molar-refractivity contribution in [2.24, 2.45) is 0 Å². The van der Waals surface area contributed by atoms with Crippen molar-refractivity contribution < 1.29 is 0 Å². The maximum Gasteiger partial charge on any atom is 0.114 e. The Morgan fingerprint density at radius 1 is 0.481 bits per heavy atom. The molecule has 10 aromatic rings. The van der Waals surface area contributed by atoms with E-state index >= 15 is 0 Å². The fraction of sp³-hybridized carbons (Fsp3) is 0.0408. The SMILES string of the molecule is CCc1nc2cccc3c2n1-c1c(cccc1-c1ccc2c(-c4cccc5ccccc45)c4ccccc4c(-c4cccc5ccccc45)c2c1)S3. The molecule has 0 radical (unpaired) electrons. The van der Waals surface area contributed by atoms with Crippen molar-refractivity contribution in [2.75, 3.05) is 0 Å². The van der Waals surface area contributed by atoms with Gasteiger partial charge in [-0.1, -0.05) is 158 Å². The molecule has 0 amide bonds. The molecule has 0 saturated heterocycles. The first-order valence-corrected chi connectivity index (χ1v) is 18.8. The highest BCUT2D eigenvalue weighted by Crippen LogP contribution is 2.50.